The lowest BCUT2D eigenvalue weighted by Gasteiger charge is -2.16. The summed E-state index contributed by atoms with van der Waals surface area (Å²) in [5.74, 6) is 0.976. The van der Waals surface area contributed by atoms with Crippen LogP contribution >= 0.6 is 0 Å². The topological polar surface area (TPSA) is 34.1 Å². The van der Waals surface area contributed by atoms with Crippen LogP contribution in [-0.4, -0.2) is 18.6 Å². The highest BCUT2D eigenvalue weighted by Gasteiger charge is 2.08. The van der Waals surface area contributed by atoms with Crippen LogP contribution in [0.15, 0.2) is 48.8 Å². The molecule has 0 amide bonds. The maximum Gasteiger partial charge on any atom is 0.124 e. The number of aryl methyl sites for hydroxylation is 1. The van der Waals surface area contributed by atoms with Gasteiger partial charge in [-0.3, -0.25) is 4.98 Å². The van der Waals surface area contributed by atoms with E-state index in [-0.39, 0.29) is 0 Å². The van der Waals surface area contributed by atoms with Crippen LogP contribution in [0.3, 0.4) is 0 Å². The molecule has 0 aliphatic heterocycles. The third-order valence-electron chi connectivity index (χ3n) is 3.44. The number of aromatic nitrogens is 1. The highest BCUT2D eigenvalue weighted by molar-refractivity contribution is 5.35. The predicted molar refractivity (Wildman–Crippen MR) is 82.0 cm³/mol. The van der Waals surface area contributed by atoms with Crippen LogP contribution in [-0.2, 0) is 6.42 Å². The summed E-state index contributed by atoms with van der Waals surface area (Å²) >= 11 is 0. The number of ether oxygens (including phenoxy) is 1. The molecule has 0 spiro atoms. The first-order chi connectivity index (χ1) is 9.81. The molecule has 1 atom stereocenters. The fourth-order valence-corrected chi connectivity index (χ4v) is 2.13. The van der Waals surface area contributed by atoms with Crippen molar-refractivity contribution >= 4 is 0 Å². The first kappa shape index (κ1) is 14.5. The van der Waals surface area contributed by atoms with Gasteiger partial charge in [0.15, 0.2) is 0 Å². The van der Waals surface area contributed by atoms with E-state index in [9.17, 15) is 0 Å². The molecule has 0 fully saturated rings. The molecule has 1 unspecified atom stereocenters. The van der Waals surface area contributed by atoms with Crippen LogP contribution in [0.25, 0.3) is 0 Å². The van der Waals surface area contributed by atoms with E-state index in [2.05, 4.69) is 35.4 Å². The molecular formula is C17H22N2O. The Bertz CT molecular complexity index is 513. The summed E-state index contributed by atoms with van der Waals surface area (Å²) in [5.41, 5.74) is 2.51. The zero-order valence-corrected chi connectivity index (χ0v) is 12.2. The Morgan fingerprint density at radius 3 is 2.65 bits per heavy atom. The molecule has 0 bridgehead atoms. The molecule has 106 valence electrons. The van der Waals surface area contributed by atoms with E-state index in [1.165, 1.54) is 11.1 Å². The van der Waals surface area contributed by atoms with E-state index in [0.29, 0.717) is 6.04 Å². The smallest absolute Gasteiger partial charge is 0.124 e. The molecule has 0 saturated heterocycles. The van der Waals surface area contributed by atoms with Crippen LogP contribution in [0, 0.1) is 0 Å². The molecule has 1 aromatic carbocycles. The molecule has 1 N–H and O–H groups in total. The molecule has 0 aliphatic rings. The molecule has 20 heavy (non-hydrogen) atoms. The van der Waals surface area contributed by atoms with Crippen molar-refractivity contribution in [1.82, 2.24) is 10.3 Å². The van der Waals surface area contributed by atoms with Gasteiger partial charge in [-0.1, -0.05) is 18.2 Å². The average Bonchev–Trinajstić information content (AvgIpc) is 2.52. The van der Waals surface area contributed by atoms with Crippen molar-refractivity contribution in [3.05, 3.63) is 59.9 Å². The minimum absolute atomic E-state index is 0.298. The number of pyridine rings is 1. The van der Waals surface area contributed by atoms with Crippen molar-refractivity contribution in [3.8, 4) is 5.75 Å². The van der Waals surface area contributed by atoms with Crippen molar-refractivity contribution in [2.75, 3.05) is 13.7 Å². The highest BCUT2D eigenvalue weighted by Crippen LogP contribution is 2.24. The lowest BCUT2D eigenvalue weighted by atomic mass is 10.1. The second-order valence-corrected chi connectivity index (χ2v) is 4.86. The zero-order valence-electron chi connectivity index (χ0n) is 12.2. The van der Waals surface area contributed by atoms with Crippen LogP contribution in [0.4, 0.5) is 0 Å². The number of hydrogen-bond donors (Lipinski definition) is 1. The van der Waals surface area contributed by atoms with Gasteiger partial charge in [0.1, 0.15) is 5.75 Å². The summed E-state index contributed by atoms with van der Waals surface area (Å²) in [4.78, 5) is 4.02. The Balaban J connectivity index is 1.85. The fourth-order valence-electron chi connectivity index (χ4n) is 2.13. The summed E-state index contributed by atoms with van der Waals surface area (Å²) in [6.45, 7) is 2.87. The summed E-state index contributed by atoms with van der Waals surface area (Å²) in [6, 6.07) is 12.6. The van der Waals surface area contributed by atoms with Crippen molar-refractivity contribution in [1.29, 1.82) is 0 Å². The van der Waals surface area contributed by atoms with E-state index in [0.717, 1.165) is 25.2 Å². The van der Waals surface area contributed by atoms with Gasteiger partial charge in [-0.15, -0.1) is 0 Å². The van der Waals surface area contributed by atoms with Crippen LogP contribution in [0.2, 0.25) is 0 Å². The Labute approximate surface area is 121 Å². The number of nitrogens with zero attached hydrogens (tertiary/aromatic N) is 1. The first-order valence-corrected chi connectivity index (χ1v) is 7.09. The SMILES string of the molecule is CNC(C)c1ccccc1OCCCc1ccncc1. The normalized spacial score (nSPS) is 12.1. The van der Waals surface area contributed by atoms with Crippen molar-refractivity contribution in [3.63, 3.8) is 0 Å². The van der Waals surface area contributed by atoms with Gasteiger partial charge < -0.3 is 10.1 Å². The quantitative estimate of drug-likeness (QED) is 0.783. The van der Waals surface area contributed by atoms with Crippen LogP contribution in [0.5, 0.6) is 5.75 Å². The lowest BCUT2D eigenvalue weighted by molar-refractivity contribution is 0.305. The molecule has 3 heteroatoms. The number of benzene rings is 1. The Kier molecular flexibility index (Phi) is 5.56. The molecule has 1 heterocycles. The number of rotatable bonds is 7. The van der Waals surface area contributed by atoms with Gasteiger partial charge >= 0.3 is 0 Å². The average molecular weight is 270 g/mol. The van der Waals surface area contributed by atoms with E-state index < -0.39 is 0 Å². The van der Waals surface area contributed by atoms with Crippen molar-refractivity contribution in [2.45, 2.75) is 25.8 Å². The van der Waals surface area contributed by atoms with Gasteiger partial charge in [0.2, 0.25) is 0 Å². The predicted octanol–water partition coefficient (Wildman–Crippen LogP) is 3.37. The third kappa shape index (κ3) is 4.07. The van der Waals surface area contributed by atoms with E-state index >= 15 is 0 Å². The molecule has 0 radical (unpaired) electrons. The Hall–Kier alpha value is -1.87. The van der Waals surface area contributed by atoms with E-state index in [1.54, 1.807) is 0 Å². The minimum Gasteiger partial charge on any atom is -0.493 e. The minimum atomic E-state index is 0.298. The molecule has 2 aromatic rings. The Morgan fingerprint density at radius 2 is 1.90 bits per heavy atom. The fraction of sp³-hybridized carbons (Fsp3) is 0.353. The second kappa shape index (κ2) is 7.65. The van der Waals surface area contributed by atoms with Crippen LogP contribution in [0.1, 0.15) is 30.5 Å². The Morgan fingerprint density at radius 1 is 1.15 bits per heavy atom. The maximum atomic E-state index is 5.93. The molecule has 0 aliphatic carbocycles. The maximum absolute atomic E-state index is 5.93. The summed E-state index contributed by atoms with van der Waals surface area (Å²) in [5, 5.41) is 3.25. The molecule has 1 aromatic heterocycles. The molecular weight excluding hydrogens is 248 g/mol. The molecule has 2 rings (SSSR count). The lowest BCUT2D eigenvalue weighted by Crippen LogP contribution is -2.14. The molecule has 0 saturated carbocycles. The summed E-state index contributed by atoms with van der Waals surface area (Å²) in [6.07, 6.45) is 5.69. The monoisotopic (exact) mass is 270 g/mol. The van der Waals surface area contributed by atoms with Gasteiger partial charge in [0.05, 0.1) is 6.61 Å². The second-order valence-electron chi connectivity index (χ2n) is 4.86. The highest BCUT2D eigenvalue weighted by atomic mass is 16.5. The zero-order chi connectivity index (χ0) is 14.2. The third-order valence-corrected chi connectivity index (χ3v) is 3.44. The number of nitrogens with one attached hydrogen (secondary N) is 1. The van der Waals surface area contributed by atoms with Gasteiger partial charge in [0.25, 0.3) is 0 Å². The summed E-state index contributed by atoms with van der Waals surface area (Å²) in [7, 11) is 1.96. The van der Waals surface area contributed by atoms with Gasteiger partial charge in [0, 0.05) is 24.0 Å². The summed E-state index contributed by atoms with van der Waals surface area (Å²) < 4.78 is 5.93. The largest absolute Gasteiger partial charge is 0.493 e. The van der Waals surface area contributed by atoms with Gasteiger partial charge in [-0.25, -0.2) is 0 Å². The van der Waals surface area contributed by atoms with Crippen molar-refractivity contribution in [2.24, 2.45) is 0 Å². The standard InChI is InChI=1S/C17H22N2O/c1-14(18-2)16-7-3-4-8-17(16)20-13-5-6-15-9-11-19-12-10-15/h3-4,7-12,14,18H,5-6,13H2,1-2H3. The first-order valence-electron chi connectivity index (χ1n) is 7.09. The van der Waals surface area contributed by atoms with Crippen molar-refractivity contribution < 1.29 is 4.74 Å². The number of para-hydroxylation sites is 1. The number of hydrogen-bond acceptors (Lipinski definition) is 3. The van der Waals surface area contributed by atoms with E-state index in [1.807, 2.05) is 37.6 Å². The molecule has 3 nitrogen and oxygen atoms in total. The van der Waals surface area contributed by atoms with Gasteiger partial charge in [-0.2, -0.15) is 0 Å². The van der Waals surface area contributed by atoms with Gasteiger partial charge in [-0.05, 0) is 50.6 Å². The van der Waals surface area contributed by atoms with Crippen LogP contribution < -0.4 is 10.1 Å². The van der Waals surface area contributed by atoms with E-state index in [4.69, 9.17) is 4.74 Å².